The molecule has 0 aliphatic rings. The van der Waals surface area contributed by atoms with Gasteiger partial charge in [-0.25, -0.2) is 0 Å². The monoisotopic (exact) mass is 296 g/mol. The van der Waals surface area contributed by atoms with Crippen molar-refractivity contribution in [2.75, 3.05) is 7.05 Å². The molecular formula is C17H16N2OS. The van der Waals surface area contributed by atoms with Crippen LogP contribution in [0.1, 0.15) is 29.0 Å². The fourth-order valence-electron chi connectivity index (χ4n) is 1.93. The first-order valence-corrected chi connectivity index (χ1v) is 7.49. The lowest BCUT2D eigenvalue weighted by Gasteiger charge is -2.22. The Kier molecular flexibility index (Phi) is 4.91. The van der Waals surface area contributed by atoms with E-state index in [1.54, 1.807) is 35.4 Å². The van der Waals surface area contributed by atoms with Crippen molar-refractivity contribution in [2.45, 2.75) is 13.0 Å². The first-order chi connectivity index (χ1) is 10.1. The summed E-state index contributed by atoms with van der Waals surface area (Å²) in [6, 6.07) is 13.4. The summed E-state index contributed by atoms with van der Waals surface area (Å²) < 4.78 is 0. The highest BCUT2D eigenvalue weighted by molar-refractivity contribution is 7.10. The van der Waals surface area contributed by atoms with Gasteiger partial charge in [-0.1, -0.05) is 24.3 Å². The van der Waals surface area contributed by atoms with Gasteiger partial charge < -0.3 is 4.90 Å². The van der Waals surface area contributed by atoms with Gasteiger partial charge in [0.1, 0.15) is 0 Å². The van der Waals surface area contributed by atoms with Crippen molar-refractivity contribution < 1.29 is 4.79 Å². The fourth-order valence-corrected chi connectivity index (χ4v) is 2.76. The molecule has 1 amide bonds. The van der Waals surface area contributed by atoms with Gasteiger partial charge in [0.25, 0.3) is 0 Å². The Hall–Kier alpha value is -2.38. The highest BCUT2D eigenvalue weighted by atomic mass is 32.1. The molecule has 0 radical (unpaired) electrons. The molecule has 0 saturated carbocycles. The van der Waals surface area contributed by atoms with E-state index in [4.69, 9.17) is 5.26 Å². The Morgan fingerprint density at radius 3 is 2.76 bits per heavy atom. The van der Waals surface area contributed by atoms with Crippen LogP contribution in [-0.2, 0) is 4.79 Å². The van der Waals surface area contributed by atoms with Gasteiger partial charge in [-0.15, -0.1) is 11.3 Å². The number of carbonyl (C=O) groups is 1. The number of likely N-dealkylation sites (N-methyl/N-ethyl adjacent to an activating group) is 1. The molecule has 1 atom stereocenters. The van der Waals surface area contributed by atoms with Crippen molar-refractivity contribution in [3.63, 3.8) is 0 Å². The Morgan fingerprint density at radius 2 is 2.10 bits per heavy atom. The van der Waals surface area contributed by atoms with E-state index in [2.05, 4.69) is 6.07 Å². The third-order valence-electron chi connectivity index (χ3n) is 3.37. The molecule has 0 N–H and O–H groups in total. The molecule has 21 heavy (non-hydrogen) atoms. The van der Waals surface area contributed by atoms with Crippen LogP contribution in [0.4, 0.5) is 0 Å². The van der Waals surface area contributed by atoms with Gasteiger partial charge in [-0.2, -0.15) is 5.26 Å². The number of hydrogen-bond acceptors (Lipinski definition) is 3. The molecule has 3 nitrogen and oxygen atoms in total. The zero-order valence-corrected chi connectivity index (χ0v) is 12.8. The predicted molar refractivity (Wildman–Crippen MR) is 85.7 cm³/mol. The summed E-state index contributed by atoms with van der Waals surface area (Å²) in [6.07, 6.45) is 3.21. The quantitative estimate of drug-likeness (QED) is 0.804. The minimum atomic E-state index is -0.0800. The summed E-state index contributed by atoms with van der Waals surface area (Å²) in [7, 11) is 1.78. The molecule has 0 saturated heterocycles. The molecular weight excluding hydrogens is 280 g/mol. The normalized spacial score (nSPS) is 12.0. The number of carbonyl (C=O) groups excluding carboxylic acids is 1. The van der Waals surface area contributed by atoms with Gasteiger partial charge in [0, 0.05) is 18.0 Å². The zero-order valence-electron chi connectivity index (χ0n) is 12.0. The van der Waals surface area contributed by atoms with Crippen LogP contribution in [0.15, 0.2) is 47.9 Å². The van der Waals surface area contributed by atoms with E-state index in [-0.39, 0.29) is 11.9 Å². The molecule has 0 unspecified atom stereocenters. The van der Waals surface area contributed by atoms with Crippen molar-refractivity contribution >= 4 is 23.3 Å². The number of nitrogens with zero attached hydrogens (tertiary/aromatic N) is 2. The molecule has 4 heteroatoms. The summed E-state index contributed by atoms with van der Waals surface area (Å²) in [5.41, 5.74) is 1.32. The summed E-state index contributed by atoms with van der Waals surface area (Å²) in [6.45, 7) is 2.00. The molecule has 1 aromatic heterocycles. The Labute approximate surface area is 128 Å². The van der Waals surface area contributed by atoms with E-state index in [1.165, 1.54) is 6.08 Å². The Bertz CT molecular complexity index is 683. The van der Waals surface area contributed by atoms with Crippen LogP contribution in [0.25, 0.3) is 6.08 Å². The van der Waals surface area contributed by atoms with Crippen LogP contribution >= 0.6 is 11.3 Å². The molecule has 0 fully saturated rings. The second-order valence-electron chi connectivity index (χ2n) is 4.67. The summed E-state index contributed by atoms with van der Waals surface area (Å²) >= 11 is 1.64. The van der Waals surface area contributed by atoms with Gasteiger partial charge in [-0.3, -0.25) is 4.79 Å². The number of benzene rings is 1. The van der Waals surface area contributed by atoms with E-state index in [0.717, 1.165) is 10.4 Å². The topological polar surface area (TPSA) is 44.1 Å². The number of amides is 1. The lowest BCUT2D eigenvalue weighted by Crippen LogP contribution is -2.27. The van der Waals surface area contributed by atoms with E-state index < -0.39 is 0 Å². The smallest absolute Gasteiger partial charge is 0.246 e. The largest absolute Gasteiger partial charge is 0.335 e. The van der Waals surface area contributed by atoms with Gasteiger partial charge in [-0.05, 0) is 36.1 Å². The van der Waals surface area contributed by atoms with E-state index in [1.807, 2.05) is 42.6 Å². The van der Waals surface area contributed by atoms with E-state index in [0.29, 0.717) is 5.56 Å². The fraction of sp³-hybridized carbons (Fsp3) is 0.176. The van der Waals surface area contributed by atoms with Crippen LogP contribution in [0.5, 0.6) is 0 Å². The van der Waals surface area contributed by atoms with Crippen molar-refractivity contribution in [1.29, 1.82) is 5.26 Å². The predicted octanol–water partition coefficient (Wildman–Crippen LogP) is 3.85. The molecule has 2 aromatic rings. The lowest BCUT2D eigenvalue weighted by atomic mass is 10.1. The summed E-state index contributed by atoms with van der Waals surface area (Å²) in [5.74, 6) is -0.0800. The van der Waals surface area contributed by atoms with Crippen molar-refractivity contribution in [1.82, 2.24) is 4.90 Å². The molecule has 1 heterocycles. The molecule has 106 valence electrons. The third-order valence-corrected chi connectivity index (χ3v) is 4.41. The van der Waals surface area contributed by atoms with Gasteiger partial charge in [0.15, 0.2) is 0 Å². The maximum absolute atomic E-state index is 12.2. The van der Waals surface area contributed by atoms with Crippen molar-refractivity contribution in [2.24, 2.45) is 0 Å². The number of hydrogen-bond donors (Lipinski definition) is 0. The van der Waals surface area contributed by atoms with Gasteiger partial charge in [0.2, 0.25) is 5.91 Å². The van der Waals surface area contributed by atoms with Crippen LogP contribution in [-0.4, -0.2) is 17.9 Å². The highest BCUT2D eigenvalue weighted by Gasteiger charge is 2.15. The first kappa shape index (κ1) is 15.0. The summed E-state index contributed by atoms with van der Waals surface area (Å²) in [5, 5.41) is 11.0. The Morgan fingerprint density at radius 1 is 1.33 bits per heavy atom. The minimum Gasteiger partial charge on any atom is -0.335 e. The maximum Gasteiger partial charge on any atom is 0.246 e. The molecule has 0 aliphatic heterocycles. The maximum atomic E-state index is 12.2. The van der Waals surface area contributed by atoms with Crippen LogP contribution < -0.4 is 0 Å². The molecule has 0 aliphatic carbocycles. The van der Waals surface area contributed by atoms with Crippen molar-refractivity contribution in [3.8, 4) is 6.07 Å². The number of thiophene rings is 1. The minimum absolute atomic E-state index is 0.0355. The molecule has 0 bridgehead atoms. The van der Waals surface area contributed by atoms with Crippen LogP contribution in [0.3, 0.4) is 0 Å². The first-order valence-electron chi connectivity index (χ1n) is 6.61. The molecule has 2 rings (SSSR count). The average Bonchev–Trinajstić information content (AvgIpc) is 3.05. The second kappa shape index (κ2) is 6.87. The molecule has 0 spiro atoms. The third kappa shape index (κ3) is 3.59. The lowest BCUT2D eigenvalue weighted by molar-refractivity contribution is -0.126. The number of nitriles is 1. The van der Waals surface area contributed by atoms with Gasteiger partial charge in [0.05, 0.1) is 17.7 Å². The van der Waals surface area contributed by atoms with Crippen LogP contribution in [0.2, 0.25) is 0 Å². The van der Waals surface area contributed by atoms with Crippen molar-refractivity contribution in [3.05, 3.63) is 63.9 Å². The van der Waals surface area contributed by atoms with Gasteiger partial charge >= 0.3 is 0 Å². The number of rotatable bonds is 4. The Balaban J connectivity index is 2.10. The summed E-state index contributed by atoms with van der Waals surface area (Å²) in [4.78, 5) is 15.1. The second-order valence-corrected chi connectivity index (χ2v) is 5.65. The zero-order chi connectivity index (χ0) is 15.2. The van der Waals surface area contributed by atoms with E-state index in [9.17, 15) is 4.79 Å². The van der Waals surface area contributed by atoms with Crippen LogP contribution in [0, 0.1) is 11.3 Å². The standard InChI is InChI=1S/C17H16N2OS/c1-13(16-8-5-11-21-16)19(2)17(20)10-9-14-6-3-4-7-15(14)12-18/h3-11,13H,1-2H3/b10-9+/t13-/m0/s1. The SMILES string of the molecule is C[C@@H](c1cccs1)N(C)C(=O)/C=C/c1ccccc1C#N. The van der Waals surface area contributed by atoms with E-state index >= 15 is 0 Å². The molecule has 1 aromatic carbocycles. The highest BCUT2D eigenvalue weighted by Crippen LogP contribution is 2.23. The average molecular weight is 296 g/mol.